The molecule has 11 atom stereocenters. The summed E-state index contributed by atoms with van der Waals surface area (Å²) >= 11 is 0. The third-order valence-electron chi connectivity index (χ3n) is 12.7. The predicted molar refractivity (Wildman–Crippen MR) is 186 cm³/mol. The fraction of sp³-hybridized carbons (Fsp3) is 0.675. The Morgan fingerprint density at radius 1 is 0.962 bits per heavy atom. The molecule has 0 bridgehead atoms. The Morgan fingerprint density at radius 2 is 1.63 bits per heavy atom. The van der Waals surface area contributed by atoms with Crippen LogP contribution in [0.3, 0.4) is 0 Å². The summed E-state index contributed by atoms with van der Waals surface area (Å²) < 4.78 is 42.7. The Balaban J connectivity index is 1.85. The Hall–Kier alpha value is -3.93. The number of allylic oxidation sites excluding steroid dienone is 2. The van der Waals surface area contributed by atoms with Crippen LogP contribution < -0.4 is 0 Å². The fourth-order valence-corrected chi connectivity index (χ4v) is 10.3. The standard InChI is InChI=1S/C40H54O12/c1-12-21(4)37(45)51-30-17-29(50-24(7)42)38(8)19-48-33-34(38)39(30,9)28(16-31(43)46-11)40(10,35(33)52-36(44)20(2)3)32-22(5)26(25-13-14-47-18-25)15-27(32)49-23(6)41/h12-14,18,20,26-30,33-35H,15-17,19H2,1-11H3/t26-,27+,28-,29-,30+,33-,34+,35-,38-,39+,40-/m1/s1. The van der Waals surface area contributed by atoms with Gasteiger partial charge < -0.3 is 32.8 Å². The fourth-order valence-electron chi connectivity index (χ4n) is 10.3. The van der Waals surface area contributed by atoms with Gasteiger partial charge in [0.25, 0.3) is 0 Å². The lowest BCUT2D eigenvalue weighted by Gasteiger charge is -2.66. The monoisotopic (exact) mass is 726 g/mol. The Bertz CT molecular complexity index is 1640. The minimum Gasteiger partial charge on any atom is -0.472 e. The first-order valence-corrected chi connectivity index (χ1v) is 18.2. The van der Waals surface area contributed by atoms with Crippen LogP contribution in [0.4, 0.5) is 0 Å². The Kier molecular flexibility index (Phi) is 10.9. The molecule has 2 saturated carbocycles. The number of ether oxygens (including phenoxy) is 6. The first kappa shape index (κ1) is 39.3. The van der Waals surface area contributed by atoms with Crippen LogP contribution in [0.25, 0.3) is 0 Å². The van der Waals surface area contributed by atoms with Gasteiger partial charge in [-0.1, -0.05) is 46.3 Å². The van der Waals surface area contributed by atoms with Gasteiger partial charge in [0.05, 0.1) is 38.3 Å². The van der Waals surface area contributed by atoms with Gasteiger partial charge in [-0.3, -0.25) is 19.2 Å². The topological polar surface area (TPSA) is 154 Å². The molecule has 12 nitrogen and oxygen atoms in total. The zero-order chi connectivity index (χ0) is 38.5. The molecule has 0 radical (unpaired) electrons. The molecule has 0 unspecified atom stereocenters. The van der Waals surface area contributed by atoms with Gasteiger partial charge in [-0.15, -0.1) is 0 Å². The molecule has 0 spiro atoms. The molecule has 52 heavy (non-hydrogen) atoms. The minimum absolute atomic E-state index is 0.134. The minimum atomic E-state index is -1.25. The van der Waals surface area contributed by atoms with Gasteiger partial charge in [0.1, 0.15) is 24.4 Å². The summed E-state index contributed by atoms with van der Waals surface area (Å²) in [5.74, 6) is -4.55. The van der Waals surface area contributed by atoms with Crippen molar-refractivity contribution in [3.05, 3.63) is 47.0 Å². The van der Waals surface area contributed by atoms with E-state index in [0.717, 1.165) is 11.1 Å². The number of carbonyl (C=O) groups excluding carboxylic acids is 5. The van der Waals surface area contributed by atoms with Crippen molar-refractivity contribution in [1.82, 2.24) is 0 Å². The summed E-state index contributed by atoms with van der Waals surface area (Å²) in [7, 11) is 1.31. The van der Waals surface area contributed by atoms with E-state index >= 15 is 0 Å². The zero-order valence-corrected chi connectivity index (χ0v) is 32.2. The first-order valence-electron chi connectivity index (χ1n) is 18.2. The van der Waals surface area contributed by atoms with E-state index in [1.54, 1.807) is 46.3 Å². The van der Waals surface area contributed by atoms with Gasteiger partial charge in [0.2, 0.25) is 0 Å². The number of carbonyl (C=O) groups is 5. The van der Waals surface area contributed by atoms with Crippen LogP contribution in [-0.2, 0) is 52.4 Å². The van der Waals surface area contributed by atoms with Gasteiger partial charge in [-0.25, -0.2) is 4.79 Å². The smallest absolute Gasteiger partial charge is 0.333 e. The quantitative estimate of drug-likeness (QED) is 0.120. The van der Waals surface area contributed by atoms with Crippen LogP contribution in [0.1, 0.15) is 100.0 Å². The Labute approximate surface area is 305 Å². The van der Waals surface area contributed by atoms with Crippen LogP contribution in [0, 0.1) is 34.0 Å². The highest BCUT2D eigenvalue weighted by Crippen LogP contribution is 2.72. The number of hydrogen-bond acceptors (Lipinski definition) is 12. The molecule has 4 aliphatic rings. The number of hydrogen-bond donors (Lipinski definition) is 0. The van der Waals surface area contributed by atoms with E-state index < -0.39 is 94.4 Å². The second-order valence-corrected chi connectivity index (χ2v) is 16.0. The molecule has 2 heterocycles. The predicted octanol–water partition coefficient (Wildman–Crippen LogP) is 6.02. The molecule has 1 aliphatic heterocycles. The first-order chi connectivity index (χ1) is 24.4. The molecule has 1 aromatic heterocycles. The van der Waals surface area contributed by atoms with Crippen LogP contribution >= 0.6 is 0 Å². The molecule has 12 heteroatoms. The highest BCUT2D eigenvalue weighted by Gasteiger charge is 2.77. The molecular formula is C40H54O12. The number of rotatable bonds is 10. The molecule has 0 N–H and O–H groups in total. The summed E-state index contributed by atoms with van der Waals surface area (Å²) in [6.45, 7) is 17.6. The van der Waals surface area contributed by atoms with E-state index in [4.69, 9.17) is 32.8 Å². The SMILES string of the molecule is CC=C(C)C(=O)O[C@H]1C[C@@H](OC(C)=O)[C@@]2(C)CO[C@H]3[C@@H](OC(=O)C(C)C)[C@@](C)(C4=C(C)[C@H](c5ccoc5)C[C@@H]4OC(C)=O)[C@H](CC(=O)OC)[C@]1(C)[C@@H]32. The van der Waals surface area contributed by atoms with Gasteiger partial charge in [0, 0.05) is 60.3 Å². The molecule has 1 saturated heterocycles. The largest absolute Gasteiger partial charge is 0.472 e. The van der Waals surface area contributed by atoms with Crippen LogP contribution in [0.2, 0.25) is 0 Å². The lowest BCUT2D eigenvalue weighted by molar-refractivity contribution is -0.261. The third kappa shape index (κ3) is 6.38. The van der Waals surface area contributed by atoms with E-state index in [-0.39, 0.29) is 25.4 Å². The van der Waals surface area contributed by atoms with Crippen LogP contribution in [-0.4, -0.2) is 74.1 Å². The van der Waals surface area contributed by atoms with Gasteiger partial charge in [0.15, 0.2) is 0 Å². The molecule has 5 rings (SSSR count). The normalized spacial score (nSPS) is 37.0. The highest BCUT2D eigenvalue weighted by molar-refractivity contribution is 5.87. The molecule has 3 fully saturated rings. The highest BCUT2D eigenvalue weighted by atomic mass is 16.6. The molecule has 286 valence electrons. The van der Waals surface area contributed by atoms with Crippen LogP contribution in [0.5, 0.6) is 0 Å². The van der Waals surface area contributed by atoms with Crippen molar-refractivity contribution in [2.45, 2.75) is 125 Å². The summed E-state index contributed by atoms with van der Waals surface area (Å²) in [6, 6.07) is 1.87. The molecule has 3 aliphatic carbocycles. The number of methoxy groups -OCH3 is 1. The van der Waals surface area contributed by atoms with Crippen molar-refractivity contribution in [3.63, 3.8) is 0 Å². The third-order valence-corrected chi connectivity index (χ3v) is 12.7. The average Bonchev–Trinajstić information content (AvgIpc) is 3.81. The van der Waals surface area contributed by atoms with Gasteiger partial charge in [-0.2, -0.15) is 0 Å². The zero-order valence-electron chi connectivity index (χ0n) is 32.2. The van der Waals surface area contributed by atoms with Crippen molar-refractivity contribution in [1.29, 1.82) is 0 Å². The van der Waals surface area contributed by atoms with Gasteiger partial charge >= 0.3 is 29.8 Å². The maximum absolute atomic E-state index is 13.8. The second kappa shape index (κ2) is 14.5. The van der Waals surface area contributed by atoms with E-state index in [1.807, 2.05) is 33.8 Å². The Morgan fingerprint density at radius 3 is 2.19 bits per heavy atom. The maximum Gasteiger partial charge on any atom is 0.333 e. The summed E-state index contributed by atoms with van der Waals surface area (Å²) in [6.07, 6.45) is 1.08. The number of furan rings is 1. The molecule has 0 aromatic carbocycles. The van der Waals surface area contributed by atoms with Gasteiger partial charge in [-0.05, 0) is 50.3 Å². The molecule has 0 amide bonds. The van der Waals surface area contributed by atoms with E-state index in [2.05, 4.69) is 0 Å². The summed E-state index contributed by atoms with van der Waals surface area (Å²) in [4.78, 5) is 66.5. The molecule has 1 aromatic rings. The average molecular weight is 727 g/mol. The lowest BCUT2D eigenvalue weighted by atomic mass is 9.39. The van der Waals surface area contributed by atoms with Crippen molar-refractivity contribution < 1.29 is 56.8 Å². The lowest BCUT2D eigenvalue weighted by Crippen LogP contribution is -2.72. The van der Waals surface area contributed by atoms with Crippen molar-refractivity contribution in [2.24, 2.45) is 34.0 Å². The van der Waals surface area contributed by atoms with E-state index in [9.17, 15) is 24.0 Å². The maximum atomic E-state index is 13.8. The van der Waals surface area contributed by atoms with E-state index in [0.29, 0.717) is 17.6 Å². The van der Waals surface area contributed by atoms with Crippen molar-refractivity contribution >= 4 is 29.8 Å². The van der Waals surface area contributed by atoms with E-state index in [1.165, 1.54) is 21.0 Å². The van der Waals surface area contributed by atoms with Crippen LogP contribution in [0.15, 0.2) is 45.8 Å². The summed E-state index contributed by atoms with van der Waals surface area (Å²) in [5.41, 5.74) is -0.301. The molecular weight excluding hydrogens is 672 g/mol. The number of esters is 5. The van der Waals surface area contributed by atoms with Crippen molar-refractivity contribution in [2.75, 3.05) is 13.7 Å². The summed E-state index contributed by atoms with van der Waals surface area (Å²) in [5, 5.41) is 0. The van der Waals surface area contributed by atoms with Crippen molar-refractivity contribution in [3.8, 4) is 0 Å². The second-order valence-electron chi connectivity index (χ2n) is 16.0.